The summed E-state index contributed by atoms with van der Waals surface area (Å²) in [5, 5.41) is 11.0. The smallest absolute Gasteiger partial charge is 0.0783 e. The lowest BCUT2D eigenvalue weighted by Gasteiger charge is -2.40. The number of aliphatic hydroxyl groups excluding tert-OH is 1. The molecule has 3 saturated carbocycles. The second-order valence-corrected chi connectivity index (χ2v) is 9.25. The first-order valence-corrected chi connectivity index (χ1v) is 9.83. The number of aliphatic hydroxyl groups is 1. The van der Waals surface area contributed by atoms with Crippen LogP contribution in [0.5, 0.6) is 0 Å². The van der Waals surface area contributed by atoms with Crippen LogP contribution in [0.3, 0.4) is 0 Å². The van der Waals surface area contributed by atoms with E-state index in [0.29, 0.717) is 11.8 Å². The van der Waals surface area contributed by atoms with Gasteiger partial charge in [0, 0.05) is 12.4 Å². The summed E-state index contributed by atoms with van der Waals surface area (Å²) >= 11 is 2.04. The van der Waals surface area contributed by atoms with Crippen LogP contribution in [-0.2, 0) is 4.74 Å². The summed E-state index contributed by atoms with van der Waals surface area (Å²) < 4.78 is 6.12. The molecule has 0 aromatic heterocycles. The van der Waals surface area contributed by atoms with Crippen molar-refractivity contribution in [1.29, 1.82) is 0 Å². The molecule has 5 rings (SSSR count). The Morgan fingerprint density at radius 2 is 1.95 bits per heavy atom. The van der Waals surface area contributed by atoms with Gasteiger partial charge < -0.3 is 9.84 Å². The molecule has 2 bridgehead atoms. The molecule has 2 heterocycles. The van der Waals surface area contributed by atoms with Crippen molar-refractivity contribution in [2.45, 2.75) is 50.2 Å². The van der Waals surface area contributed by atoms with Crippen molar-refractivity contribution in [1.82, 2.24) is 0 Å². The maximum Gasteiger partial charge on any atom is 0.0783 e. The number of ether oxygens (including phenoxy) is 1. The molecule has 3 heteroatoms. The molecule has 1 spiro atoms. The number of thioether (sulfide) groups is 1. The molecular formula is C17H26O2S. The first-order valence-electron chi connectivity index (χ1n) is 8.67. The van der Waals surface area contributed by atoms with Gasteiger partial charge in [-0.3, -0.25) is 0 Å². The molecule has 0 aromatic rings. The summed E-state index contributed by atoms with van der Waals surface area (Å²) in [7, 11) is 0. The third-order valence-electron chi connectivity index (χ3n) is 7.27. The first-order chi connectivity index (χ1) is 9.77. The predicted octanol–water partition coefficient (Wildman–Crippen LogP) is 2.94. The molecule has 2 saturated heterocycles. The van der Waals surface area contributed by atoms with Gasteiger partial charge in [-0.1, -0.05) is 0 Å². The summed E-state index contributed by atoms with van der Waals surface area (Å²) in [6.45, 7) is 0.886. The number of hydrogen-bond acceptors (Lipinski definition) is 3. The van der Waals surface area contributed by atoms with Crippen LogP contribution < -0.4 is 0 Å². The van der Waals surface area contributed by atoms with E-state index < -0.39 is 0 Å². The second kappa shape index (κ2) is 4.39. The zero-order valence-electron chi connectivity index (χ0n) is 12.2. The van der Waals surface area contributed by atoms with Crippen molar-refractivity contribution < 1.29 is 9.84 Å². The summed E-state index contributed by atoms with van der Waals surface area (Å²) in [6, 6.07) is 0. The molecule has 112 valence electrons. The van der Waals surface area contributed by atoms with Gasteiger partial charge in [0.15, 0.2) is 0 Å². The van der Waals surface area contributed by atoms with Gasteiger partial charge in [-0.25, -0.2) is 0 Å². The highest BCUT2D eigenvalue weighted by Gasteiger charge is 2.67. The Bertz CT molecular complexity index is 390. The van der Waals surface area contributed by atoms with Crippen LogP contribution in [0.25, 0.3) is 0 Å². The van der Waals surface area contributed by atoms with E-state index >= 15 is 0 Å². The summed E-state index contributed by atoms with van der Waals surface area (Å²) in [5.41, 5.74) is 0.136. The van der Waals surface area contributed by atoms with Crippen LogP contribution >= 0.6 is 11.8 Å². The number of fused-ring (bicyclic) bond motifs is 5. The van der Waals surface area contributed by atoms with Gasteiger partial charge in [0.2, 0.25) is 0 Å². The highest BCUT2D eigenvalue weighted by atomic mass is 32.2. The third kappa shape index (κ3) is 1.72. The van der Waals surface area contributed by atoms with Crippen molar-refractivity contribution in [3.05, 3.63) is 0 Å². The molecule has 0 radical (unpaired) electrons. The van der Waals surface area contributed by atoms with Gasteiger partial charge in [0.25, 0.3) is 0 Å². The molecule has 7 unspecified atom stereocenters. The quantitative estimate of drug-likeness (QED) is 0.849. The highest BCUT2D eigenvalue weighted by Crippen LogP contribution is 2.71. The number of hydrogen-bond donors (Lipinski definition) is 1. The Kier molecular flexibility index (Phi) is 2.81. The average molecular weight is 294 g/mol. The molecule has 7 atom stereocenters. The van der Waals surface area contributed by atoms with Gasteiger partial charge in [-0.15, -0.1) is 0 Å². The lowest BCUT2D eigenvalue weighted by molar-refractivity contribution is -0.106. The average Bonchev–Trinajstić information content (AvgIpc) is 2.83. The highest BCUT2D eigenvalue weighted by molar-refractivity contribution is 7.99. The first kappa shape index (κ1) is 12.8. The van der Waals surface area contributed by atoms with Crippen molar-refractivity contribution >= 4 is 11.8 Å². The molecule has 5 aliphatic rings. The second-order valence-electron chi connectivity index (χ2n) is 8.14. The van der Waals surface area contributed by atoms with Crippen LogP contribution in [0.15, 0.2) is 0 Å². The minimum atomic E-state index is -0.0141. The Morgan fingerprint density at radius 3 is 2.65 bits per heavy atom. The van der Waals surface area contributed by atoms with E-state index in [2.05, 4.69) is 0 Å². The molecule has 0 amide bonds. The molecule has 0 aromatic carbocycles. The van der Waals surface area contributed by atoms with Gasteiger partial charge >= 0.3 is 0 Å². The van der Waals surface area contributed by atoms with Crippen molar-refractivity contribution in [2.75, 3.05) is 18.1 Å². The van der Waals surface area contributed by atoms with E-state index in [-0.39, 0.29) is 11.7 Å². The minimum absolute atomic E-state index is 0.0141. The summed E-state index contributed by atoms with van der Waals surface area (Å²) in [6.07, 6.45) is 7.84. The maximum absolute atomic E-state index is 11.0. The lowest BCUT2D eigenvalue weighted by Crippen LogP contribution is -2.44. The Labute approximate surface area is 126 Å². The predicted molar refractivity (Wildman–Crippen MR) is 80.7 cm³/mol. The van der Waals surface area contributed by atoms with E-state index in [1.54, 1.807) is 0 Å². The number of rotatable bonds is 2. The largest absolute Gasteiger partial charge is 0.393 e. The third-order valence-corrected chi connectivity index (χ3v) is 8.49. The summed E-state index contributed by atoms with van der Waals surface area (Å²) in [5.74, 6) is 7.43. The minimum Gasteiger partial charge on any atom is -0.393 e. The van der Waals surface area contributed by atoms with E-state index in [1.165, 1.54) is 37.2 Å². The van der Waals surface area contributed by atoms with E-state index in [1.807, 2.05) is 11.8 Å². The van der Waals surface area contributed by atoms with Crippen LogP contribution in [0, 0.1) is 35.5 Å². The zero-order valence-corrected chi connectivity index (χ0v) is 13.0. The SMILES string of the molecule is OC(C1CCOC2(CCSC2)C1)C1C2C3CCC(C3)C21. The monoisotopic (exact) mass is 294 g/mol. The Hall–Kier alpha value is 0.270. The zero-order chi connectivity index (χ0) is 13.3. The van der Waals surface area contributed by atoms with E-state index in [4.69, 9.17) is 4.74 Å². The molecule has 20 heavy (non-hydrogen) atoms. The van der Waals surface area contributed by atoms with Crippen molar-refractivity contribution in [3.63, 3.8) is 0 Å². The van der Waals surface area contributed by atoms with Crippen LogP contribution in [0.1, 0.15) is 38.5 Å². The van der Waals surface area contributed by atoms with Gasteiger partial charge in [-0.05, 0) is 79.8 Å². The molecule has 2 aliphatic heterocycles. The standard InChI is InChI=1S/C17H26O2S/c18-16(15-13-10-1-2-11(7-10)14(13)15)12-3-5-19-17(8-12)4-6-20-9-17/h10-16,18H,1-9H2. The normalized spacial score (nSPS) is 58.0. The topological polar surface area (TPSA) is 29.5 Å². The molecule has 2 nitrogen and oxygen atoms in total. The van der Waals surface area contributed by atoms with Crippen LogP contribution in [0.4, 0.5) is 0 Å². The molecule has 1 N–H and O–H groups in total. The Balaban J connectivity index is 1.29. The maximum atomic E-state index is 11.0. The fraction of sp³-hybridized carbons (Fsp3) is 1.00. The molecular weight excluding hydrogens is 268 g/mol. The Morgan fingerprint density at radius 1 is 1.15 bits per heavy atom. The van der Waals surface area contributed by atoms with Gasteiger partial charge in [0.05, 0.1) is 11.7 Å². The van der Waals surface area contributed by atoms with Crippen molar-refractivity contribution in [2.24, 2.45) is 35.5 Å². The van der Waals surface area contributed by atoms with Crippen molar-refractivity contribution in [3.8, 4) is 0 Å². The van der Waals surface area contributed by atoms with E-state index in [0.717, 1.165) is 43.1 Å². The van der Waals surface area contributed by atoms with Crippen LogP contribution in [-0.4, -0.2) is 34.9 Å². The van der Waals surface area contributed by atoms with Gasteiger partial charge in [0.1, 0.15) is 0 Å². The molecule has 3 aliphatic carbocycles. The van der Waals surface area contributed by atoms with Gasteiger partial charge in [-0.2, -0.15) is 11.8 Å². The summed E-state index contributed by atoms with van der Waals surface area (Å²) in [4.78, 5) is 0. The fourth-order valence-electron chi connectivity index (χ4n) is 6.38. The van der Waals surface area contributed by atoms with E-state index in [9.17, 15) is 5.11 Å². The lowest BCUT2D eigenvalue weighted by atomic mass is 9.79. The van der Waals surface area contributed by atoms with Crippen LogP contribution in [0.2, 0.25) is 0 Å². The fourth-order valence-corrected chi connectivity index (χ4v) is 7.76. The molecule has 5 fully saturated rings.